The number of anilines is 1. The second-order valence-corrected chi connectivity index (χ2v) is 5.97. The molecule has 2 rings (SSSR count). The fourth-order valence-corrected chi connectivity index (χ4v) is 2.71. The van der Waals surface area contributed by atoms with Crippen LogP contribution in [0.4, 0.5) is 5.69 Å². The number of amides is 2. The number of para-hydroxylation sites is 1. The van der Waals surface area contributed by atoms with Gasteiger partial charge in [0.2, 0.25) is 11.8 Å². The lowest BCUT2D eigenvalue weighted by Crippen LogP contribution is -2.48. The SMILES string of the molecule is CC(C)CN(CC(N)=O)C(=O)C1CCc2ccccc2N1. The average molecular weight is 289 g/mol. The van der Waals surface area contributed by atoms with Gasteiger partial charge in [0.25, 0.3) is 0 Å². The normalized spacial score (nSPS) is 17.0. The van der Waals surface area contributed by atoms with Gasteiger partial charge < -0.3 is 16.0 Å². The summed E-state index contributed by atoms with van der Waals surface area (Å²) in [5, 5.41) is 3.28. The molecule has 3 N–H and O–H groups in total. The molecule has 0 spiro atoms. The largest absolute Gasteiger partial charge is 0.373 e. The molecule has 1 aliphatic heterocycles. The highest BCUT2D eigenvalue weighted by Gasteiger charge is 2.28. The van der Waals surface area contributed by atoms with Gasteiger partial charge in [0, 0.05) is 12.2 Å². The van der Waals surface area contributed by atoms with Gasteiger partial charge in [-0.1, -0.05) is 32.0 Å². The van der Waals surface area contributed by atoms with E-state index in [2.05, 4.69) is 11.4 Å². The van der Waals surface area contributed by atoms with Gasteiger partial charge in [-0.2, -0.15) is 0 Å². The van der Waals surface area contributed by atoms with Crippen molar-refractivity contribution in [2.45, 2.75) is 32.7 Å². The molecule has 1 atom stereocenters. The summed E-state index contributed by atoms with van der Waals surface area (Å²) in [5.41, 5.74) is 7.49. The molecule has 114 valence electrons. The maximum atomic E-state index is 12.6. The average Bonchev–Trinajstić information content (AvgIpc) is 2.44. The predicted molar refractivity (Wildman–Crippen MR) is 82.8 cm³/mol. The van der Waals surface area contributed by atoms with Crippen LogP contribution in [-0.4, -0.2) is 35.8 Å². The van der Waals surface area contributed by atoms with Crippen LogP contribution < -0.4 is 11.1 Å². The number of nitrogens with zero attached hydrogens (tertiary/aromatic N) is 1. The smallest absolute Gasteiger partial charge is 0.245 e. The summed E-state index contributed by atoms with van der Waals surface area (Å²) in [4.78, 5) is 25.4. The van der Waals surface area contributed by atoms with Gasteiger partial charge >= 0.3 is 0 Å². The van der Waals surface area contributed by atoms with Crippen molar-refractivity contribution in [3.05, 3.63) is 29.8 Å². The van der Waals surface area contributed by atoms with Crippen LogP contribution in [0.25, 0.3) is 0 Å². The van der Waals surface area contributed by atoms with Crippen LogP contribution >= 0.6 is 0 Å². The van der Waals surface area contributed by atoms with Crippen LogP contribution in [0.15, 0.2) is 24.3 Å². The number of hydrogen-bond donors (Lipinski definition) is 2. The van der Waals surface area contributed by atoms with Crippen molar-refractivity contribution in [1.82, 2.24) is 4.90 Å². The van der Waals surface area contributed by atoms with Crippen molar-refractivity contribution in [2.75, 3.05) is 18.4 Å². The summed E-state index contributed by atoms with van der Waals surface area (Å²) in [7, 11) is 0. The summed E-state index contributed by atoms with van der Waals surface area (Å²) >= 11 is 0. The fourth-order valence-electron chi connectivity index (χ4n) is 2.71. The van der Waals surface area contributed by atoms with Gasteiger partial charge in [-0.3, -0.25) is 9.59 Å². The summed E-state index contributed by atoms with van der Waals surface area (Å²) in [6.45, 7) is 4.56. The highest BCUT2D eigenvalue weighted by Crippen LogP contribution is 2.25. The summed E-state index contributed by atoms with van der Waals surface area (Å²) in [6, 6.07) is 7.72. The first-order chi connectivity index (χ1) is 9.97. The second kappa shape index (κ2) is 6.61. The summed E-state index contributed by atoms with van der Waals surface area (Å²) < 4.78 is 0. The molecule has 1 aliphatic rings. The van der Waals surface area contributed by atoms with Crippen LogP contribution in [0.2, 0.25) is 0 Å². The molecule has 1 aromatic carbocycles. The standard InChI is InChI=1S/C16H23N3O2/c1-11(2)9-19(10-15(17)20)16(21)14-8-7-12-5-3-4-6-13(12)18-14/h3-6,11,14,18H,7-10H2,1-2H3,(H2,17,20). The van der Waals surface area contributed by atoms with Crippen LogP contribution in [0.5, 0.6) is 0 Å². The Kier molecular flexibility index (Phi) is 4.83. The Morgan fingerprint density at radius 3 is 2.76 bits per heavy atom. The van der Waals surface area contributed by atoms with Gasteiger partial charge in [0.15, 0.2) is 0 Å². The molecule has 0 saturated carbocycles. The number of rotatable bonds is 5. The number of hydrogen-bond acceptors (Lipinski definition) is 3. The van der Waals surface area contributed by atoms with Crippen LogP contribution in [-0.2, 0) is 16.0 Å². The van der Waals surface area contributed by atoms with E-state index in [1.807, 2.05) is 32.0 Å². The minimum atomic E-state index is -0.472. The van der Waals surface area contributed by atoms with E-state index in [-0.39, 0.29) is 18.5 Å². The van der Waals surface area contributed by atoms with E-state index in [4.69, 9.17) is 5.73 Å². The van der Waals surface area contributed by atoms with Crippen molar-refractivity contribution in [2.24, 2.45) is 11.7 Å². The summed E-state index contributed by atoms with van der Waals surface area (Å²) in [5.74, 6) is -0.221. The minimum Gasteiger partial charge on any atom is -0.373 e. The van der Waals surface area contributed by atoms with Gasteiger partial charge in [0.1, 0.15) is 6.04 Å². The maximum Gasteiger partial charge on any atom is 0.245 e. The predicted octanol–water partition coefficient (Wildman–Crippen LogP) is 1.38. The van der Waals surface area contributed by atoms with E-state index in [0.717, 1.165) is 18.5 Å². The second-order valence-electron chi connectivity index (χ2n) is 5.97. The third-order valence-corrected chi connectivity index (χ3v) is 3.59. The van der Waals surface area contributed by atoms with Crippen LogP contribution in [0, 0.1) is 5.92 Å². The molecule has 21 heavy (non-hydrogen) atoms. The van der Waals surface area contributed by atoms with E-state index >= 15 is 0 Å². The Hall–Kier alpha value is -2.04. The number of primary amides is 1. The first-order valence-corrected chi connectivity index (χ1v) is 7.39. The molecule has 0 saturated heterocycles. The van der Waals surface area contributed by atoms with E-state index in [1.54, 1.807) is 4.90 Å². The Bertz CT molecular complexity index is 528. The fraction of sp³-hybridized carbons (Fsp3) is 0.500. The number of nitrogens with two attached hydrogens (primary N) is 1. The first kappa shape index (κ1) is 15.4. The lowest BCUT2D eigenvalue weighted by atomic mass is 9.97. The number of aryl methyl sites for hydroxylation is 1. The van der Waals surface area contributed by atoms with Crippen molar-refractivity contribution in [1.29, 1.82) is 0 Å². The highest BCUT2D eigenvalue weighted by molar-refractivity contribution is 5.89. The van der Waals surface area contributed by atoms with E-state index in [1.165, 1.54) is 5.56 Å². The Morgan fingerprint density at radius 2 is 2.10 bits per heavy atom. The molecule has 2 amide bonds. The lowest BCUT2D eigenvalue weighted by molar-refractivity contribution is -0.136. The third kappa shape index (κ3) is 3.97. The maximum absolute atomic E-state index is 12.6. The molecule has 0 radical (unpaired) electrons. The number of carbonyl (C=O) groups is 2. The first-order valence-electron chi connectivity index (χ1n) is 7.39. The minimum absolute atomic E-state index is 0.0170. The zero-order valence-electron chi connectivity index (χ0n) is 12.6. The number of benzene rings is 1. The topological polar surface area (TPSA) is 75.4 Å². The third-order valence-electron chi connectivity index (χ3n) is 3.59. The number of nitrogens with one attached hydrogen (secondary N) is 1. The van der Waals surface area contributed by atoms with Gasteiger partial charge in [-0.25, -0.2) is 0 Å². The number of carbonyl (C=O) groups excluding carboxylic acids is 2. The molecule has 0 aliphatic carbocycles. The Labute approximate surface area is 125 Å². The van der Waals surface area contributed by atoms with Crippen LogP contribution in [0.3, 0.4) is 0 Å². The monoisotopic (exact) mass is 289 g/mol. The highest BCUT2D eigenvalue weighted by atomic mass is 16.2. The molecule has 1 unspecified atom stereocenters. The Morgan fingerprint density at radius 1 is 1.38 bits per heavy atom. The molecule has 1 heterocycles. The number of fused-ring (bicyclic) bond motifs is 1. The van der Waals surface area contributed by atoms with Crippen molar-refractivity contribution in [3.8, 4) is 0 Å². The van der Waals surface area contributed by atoms with E-state index < -0.39 is 5.91 Å². The molecular formula is C16H23N3O2. The quantitative estimate of drug-likeness (QED) is 0.860. The molecule has 0 bridgehead atoms. The van der Waals surface area contributed by atoms with Crippen molar-refractivity contribution >= 4 is 17.5 Å². The van der Waals surface area contributed by atoms with E-state index in [9.17, 15) is 9.59 Å². The molecule has 5 heteroatoms. The molecular weight excluding hydrogens is 266 g/mol. The van der Waals surface area contributed by atoms with Gasteiger partial charge in [-0.05, 0) is 30.4 Å². The lowest BCUT2D eigenvalue weighted by Gasteiger charge is -2.31. The summed E-state index contributed by atoms with van der Waals surface area (Å²) in [6.07, 6.45) is 1.61. The molecule has 1 aromatic rings. The van der Waals surface area contributed by atoms with Crippen molar-refractivity contribution < 1.29 is 9.59 Å². The van der Waals surface area contributed by atoms with Gasteiger partial charge in [0.05, 0.1) is 6.54 Å². The van der Waals surface area contributed by atoms with Crippen molar-refractivity contribution in [3.63, 3.8) is 0 Å². The molecule has 5 nitrogen and oxygen atoms in total. The molecule has 0 fully saturated rings. The zero-order valence-corrected chi connectivity index (χ0v) is 12.6. The van der Waals surface area contributed by atoms with Gasteiger partial charge in [-0.15, -0.1) is 0 Å². The van der Waals surface area contributed by atoms with E-state index in [0.29, 0.717) is 12.5 Å². The zero-order chi connectivity index (χ0) is 15.4. The molecule has 0 aromatic heterocycles. The van der Waals surface area contributed by atoms with Crippen LogP contribution in [0.1, 0.15) is 25.8 Å². The Balaban J connectivity index is 2.09.